The van der Waals surface area contributed by atoms with Crippen molar-refractivity contribution in [2.45, 2.75) is 51.6 Å². The molecule has 5 nitrogen and oxygen atoms in total. The Morgan fingerprint density at radius 2 is 1.71 bits per heavy atom. The number of allylic oxidation sites excluding steroid dienone is 1. The van der Waals surface area contributed by atoms with Crippen molar-refractivity contribution in [1.29, 1.82) is 0 Å². The predicted octanol–water partition coefficient (Wildman–Crippen LogP) is 1.86. The number of carbonyl (C=O) groups is 2. The maximum Gasteiger partial charge on any atom is 0.248 e. The molecule has 1 saturated heterocycles. The normalized spacial score (nSPS) is 41.5. The summed E-state index contributed by atoms with van der Waals surface area (Å²) in [4.78, 5) is 25.7. The number of morpholine rings is 1. The van der Waals surface area contributed by atoms with E-state index in [1.165, 1.54) is 44.1 Å². The molecule has 5 heteroatoms. The minimum absolute atomic E-state index is 0.0118. The van der Waals surface area contributed by atoms with Crippen LogP contribution in [0.4, 0.5) is 0 Å². The smallest absolute Gasteiger partial charge is 0.248 e. The van der Waals surface area contributed by atoms with Gasteiger partial charge in [0, 0.05) is 12.6 Å². The molecule has 0 aromatic rings. The zero-order valence-electron chi connectivity index (χ0n) is 14.5. The second-order valence-corrected chi connectivity index (χ2v) is 8.57. The van der Waals surface area contributed by atoms with Crippen LogP contribution in [0.5, 0.6) is 0 Å². The molecule has 1 atom stereocenters. The van der Waals surface area contributed by atoms with E-state index >= 15 is 0 Å². The molecule has 5 fully saturated rings. The first-order valence-electron chi connectivity index (χ1n) is 9.34. The van der Waals surface area contributed by atoms with E-state index in [9.17, 15) is 9.59 Å². The third kappa shape index (κ3) is 2.77. The summed E-state index contributed by atoms with van der Waals surface area (Å²) in [7, 11) is 0. The number of hydrogen-bond acceptors (Lipinski definition) is 3. The van der Waals surface area contributed by atoms with Gasteiger partial charge in [0.15, 0.2) is 6.10 Å². The van der Waals surface area contributed by atoms with Crippen LogP contribution < -0.4 is 5.73 Å². The number of carbonyl (C=O) groups excluding carboxylic acids is 2. The molecule has 5 rings (SSSR count). The number of rotatable bonds is 3. The van der Waals surface area contributed by atoms with Crippen LogP contribution in [0, 0.1) is 23.2 Å². The van der Waals surface area contributed by atoms with Crippen molar-refractivity contribution in [3.05, 3.63) is 11.6 Å². The summed E-state index contributed by atoms with van der Waals surface area (Å²) in [5, 5.41) is 0. The summed E-state index contributed by atoms with van der Waals surface area (Å²) in [6, 6.07) is 0. The average Bonchev–Trinajstić information content (AvgIpc) is 2.53. The van der Waals surface area contributed by atoms with Crippen molar-refractivity contribution in [2.24, 2.45) is 28.9 Å². The van der Waals surface area contributed by atoms with Gasteiger partial charge in [0.1, 0.15) is 0 Å². The van der Waals surface area contributed by atoms with E-state index < -0.39 is 12.0 Å². The van der Waals surface area contributed by atoms with Gasteiger partial charge in [0.05, 0.1) is 13.2 Å². The molecule has 5 aliphatic rings. The third-order valence-corrected chi connectivity index (χ3v) is 6.91. The van der Waals surface area contributed by atoms with Crippen LogP contribution in [0.1, 0.15) is 45.4 Å². The number of nitrogens with two attached hydrogens (primary N) is 1. The van der Waals surface area contributed by atoms with Crippen LogP contribution in [-0.4, -0.2) is 42.5 Å². The molecule has 0 aromatic carbocycles. The molecule has 24 heavy (non-hydrogen) atoms. The van der Waals surface area contributed by atoms with Gasteiger partial charge in [0.2, 0.25) is 11.8 Å². The lowest BCUT2D eigenvalue weighted by atomic mass is 9.48. The van der Waals surface area contributed by atoms with Gasteiger partial charge >= 0.3 is 0 Å². The van der Waals surface area contributed by atoms with E-state index in [2.05, 4.69) is 6.92 Å². The summed E-state index contributed by atoms with van der Waals surface area (Å²) in [5.74, 6) is 2.14. The molecule has 1 heterocycles. The standard InChI is InChI=1S/C19H28N2O3/c1-12(4-17(22)21-2-3-24-16(11-21)18(20)23)19-8-13-5-14(9-19)7-15(6-13)10-19/h4,13-16H,2-3,5-11H2,1H3,(H2,20,23)/b12-4-/t13?,14?,15?,16-,19?/m1/s1. The first-order chi connectivity index (χ1) is 11.4. The van der Waals surface area contributed by atoms with Crippen molar-refractivity contribution < 1.29 is 14.3 Å². The maximum atomic E-state index is 12.7. The minimum atomic E-state index is -0.670. The van der Waals surface area contributed by atoms with Crippen molar-refractivity contribution in [3.63, 3.8) is 0 Å². The fourth-order valence-corrected chi connectivity index (χ4v) is 6.04. The fraction of sp³-hybridized carbons (Fsp3) is 0.789. The highest BCUT2D eigenvalue weighted by atomic mass is 16.5. The Morgan fingerprint density at radius 3 is 2.25 bits per heavy atom. The summed E-state index contributed by atoms with van der Waals surface area (Å²) in [6.07, 6.45) is 9.19. The summed E-state index contributed by atoms with van der Waals surface area (Å²) < 4.78 is 5.34. The highest BCUT2D eigenvalue weighted by Gasteiger charge is 2.51. The number of primary amides is 1. The van der Waals surface area contributed by atoms with Crippen molar-refractivity contribution >= 4 is 11.8 Å². The molecular weight excluding hydrogens is 304 g/mol. The predicted molar refractivity (Wildman–Crippen MR) is 89.9 cm³/mol. The van der Waals surface area contributed by atoms with E-state index in [0.29, 0.717) is 13.2 Å². The lowest BCUT2D eigenvalue weighted by Gasteiger charge is -2.57. The lowest BCUT2D eigenvalue weighted by Crippen LogP contribution is -2.50. The molecule has 2 amide bonds. The quantitative estimate of drug-likeness (QED) is 0.802. The second kappa shape index (κ2) is 5.87. The summed E-state index contributed by atoms with van der Waals surface area (Å²) in [6.45, 7) is 3.34. The van der Waals surface area contributed by atoms with E-state index in [-0.39, 0.29) is 17.9 Å². The zero-order valence-corrected chi connectivity index (χ0v) is 14.5. The van der Waals surface area contributed by atoms with Gasteiger partial charge < -0.3 is 15.4 Å². The molecule has 1 aliphatic heterocycles. The SMILES string of the molecule is C/C(=C/C(=O)N1CCO[C@@H](C(N)=O)C1)C12CC3CC(CC(C3)C1)C2. The highest BCUT2D eigenvalue weighted by molar-refractivity contribution is 5.89. The van der Waals surface area contributed by atoms with Crippen LogP contribution >= 0.6 is 0 Å². The van der Waals surface area contributed by atoms with E-state index in [0.717, 1.165) is 17.8 Å². The van der Waals surface area contributed by atoms with Crippen molar-refractivity contribution in [3.8, 4) is 0 Å². The minimum Gasteiger partial charge on any atom is -0.367 e. The van der Waals surface area contributed by atoms with Gasteiger partial charge in [-0.3, -0.25) is 9.59 Å². The fourth-order valence-electron chi connectivity index (χ4n) is 6.04. The van der Waals surface area contributed by atoms with Crippen molar-refractivity contribution in [1.82, 2.24) is 4.90 Å². The van der Waals surface area contributed by atoms with Gasteiger partial charge in [-0.15, -0.1) is 0 Å². The summed E-state index contributed by atoms with van der Waals surface area (Å²) >= 11 is 0. The van der Waals surface area contributed by atoms with Gasteiger partial charge in [0.25, 0.3) is 0 Å². The van der Waals surface area contributed by atoms with Crippen LogP contribution in [-0.2, 0) is 14.3 Å². The highest BCUT2D eigenvalue weighted by Crippen LogP contribution is 2.62. The maximum absolute atomic E-state index is 12.7. The Kier molecular flexibility index (Phi) is 3.94. The largest absolute Gasteiger partial charge is 0.367 e. The van der Waals surface area contributed by atoms with Crippen LogP contribution in [0.15, 0.2) is 11.6 Å². The molecule has 0 spiro atoms. The van der Waals surface area contributed by atoms with Gasteiger partial charge in [-0.25, -0.2) is 0 Å². The van der Waals surface area contributed by atoms with Crippen LogP contribution in [0.2, 0.25) is 0 Å². The molecule has 4 aliphatic carbocycles. The Labute approximate surface area is 143 Å². The average molecular weight is 332 g/mol. The van der Waals surface area contributed by atoms with E-state index in [4.69, 9.17) is 10.5 Å². The molecule has 0 unspecified atom stereocenters. The zero-order chi connectivity index (χ0) is 16.9. The van der Waals surface area contributed by atoms with E-state index in [1.807, 2.05) is 6.08 Å². The Hall–Kier alpha value is -1.36. The molecule has 132 valence electrons. The Balaban J connectivity index is 1.48. The second-order valence-electron chi connectivity index (χ2n) is 8.57. The van der Waals surface area contributed by atoms with Crippen molar-refractivity contribution in [2.75, 3.05) is 19.7 Å². The number of ether oxygens (including phenoxy) is 1. The number of hydrogen-bond donors (Lipinski definition) is 1. The van der Waals surface area contributed by atoms with Gasteiger partial charge in [-0.1, -0.05) is 5.57 Å². The Bertz CT molecular complexity index is 548. The monoisotopic (exact) mass is 332 g/mol. The third-order valence-electron chi connectivity index (χ3n) is 6.91. The van der Waals surface area contributed by atoms with E-state index in [1.54, 1.807) is 4.90 Å². The van der Waals surface area contributed by atoms with Crippen LogP contribution in [0.25, 0.3) is 0 Å². The molecule has 4 bridgehead atoms. The first-order valence-corrected chi connectivity index (χ1v) is 9.34. The van der Waals surface area contributed by atoms with Gasteiger partial charge in [-0.05, 0) is 68.6 Å². The first kappa shape index (κ1) is 16.1. The van der Waals surface area contributed by atoms with Gasteiger partial charge in [-0.2, -0.15) is 0 Å². The topological polar surface area (TPSA) is 72.6 Å². The number of amides is 2. The molecule has 0 radical (unpaired) electrons. The molecule has 2 N–H and O–H groups in total. The lowest BCUT2D eigenvalue weighted by molar-refractivity contribution is -0.142. The molecule has 0 aromatic heterocycles. The molecular formula is C19H28N2O3. The van der Waals surface area contributed by atoms with Crippen LogP contribution in [0.3, 0.4) is 0 Å². The molecule has 4 saturated carbocycles. The number of nitrogens with zero attached hydrogens (tertiary/aromatic N) is 1. The summed E-state index contributed by atoms with van der Waals surface area (Å²) in [5.41, 5.74) is 6.84. The Morgan fingerprint density at radius 1 is 1.12 bits per heavy atom.